The highest BCUT2D eigenvalue weighted by Crippen LogP contribution is 2.20. The molecule has 140 valence electrons. The summed E-state index contributed by atoms with van der Waals surface area (Å²) in [5, 5.41) is 5.95. The minimum Gasteiger partial charge on any atom is -0.359 e. The van der Waals surface area contributed by atoms with Crippen LogP contribution in [-0.2, 0) is 14.8 Å². The summed E-state index contributed by atoms with van der Waals surface area (Å²) in [6, 6.07) is 0. The van der Waals surface area contributed by atoms with Crippen LogP contribution in [0.15, 0.2) is 4.99 Å². The van der Waals surface area contributed by atoms with Gasteiger partial charge in [-0.3, -0.25) is 9.79 Å². The molecule has 0 unspecified atom stereocenters. The minimum atomic E-state index is -3.12. The maximum Gasteiger partial charge on any atom is 0.220 e. The van der Waals surface area contributed by atoms with Gasteiger partial charge in [-0.25, -0.2) is 13.1 Å². The number of nitrogens with zero attached hydrogens (tertiary/aromatic N) is 2. The summed E-state index contributed by atoms with van der Waals surface area (Å²) >= 11 is 0. The van der Waals surface area contributed by atoms with Crippen molar-refractivity contribution in [3.63, 3.8) is 0 Å². The fourth-order valence-corrected chi connectivity index (χ4v) is 3.32. The number of nitrogens with one attached hydrogen (secondary N) is 3. The average molecular weight is 362 g/mol. The summed E-state index contributed by atoms with van der Waals surface area (Å²) in [6.45, 7) is 4.47. The van der Waals surface area contributed by atoms with Crippen LogP contribution in [0.3, 0.4) is 0 Å². The van der Waals surface area contributed by atoms with Gasteiger partial charge in [0.25, 0.3) is 0 Å². The number of carbonyl (C=O) groups excluding carboxylic acids is 1. The molecule has 0 aromatic heterocycles. The molecule has 0 spiro atoms. The van der Waals surface area contributed by atoms with E-state index in [9.17, 15) is 13.2 Å². The van der Waals surface area contributed by atoms with E-state index >= 15 is 0 Å². The van der Waals surface area contributed by atoms with Crippen molar-refractivity contribution in [2.24, 2.45) is 10.9 Å². The van der Waals surface area contributed by atoms with Gasteiger partial charge in [-0.1, -0.05) is 0 Å². The number of rotatable bonds is 8. The Balaban J connectivity index is 2.27. The van der Waals surface area contributed by atoms with Gasteiger partial charge >= 0.3 is 0 Å². The lowest BCUT2D eigenvalue weighted by Crippen LogP contribution is -2.46. The molecule has 0 aliphatic carbocycles. The van der Waals surface area contributed by atoms with Crippen molar-refractivity contribution in [2.45, 2.75) is 32.6 Å². The van der Waals surface area contributed by atoms with Crippen molar-refractivity contribution >= 4 is 21.9 Å². The quantitative estimate of drug-likeness (QED) is 0.314. The molecule has 3 N–H and O–H groups in total. The number of amides is 1. The molecule has 24 heavy (non-hydrogen) atoms. The number of piperidine rings is 1. The molecule has 8 nitrogen and oxygen atoms in total. The Morgan fingerprint density at radius 2 is 1.92 bits per heavy atom. The van der Waals surface area contributed by atoms with E-state index in [-0.39, 0.29) is 11.7 Å². The molecule has 1 heterocycles. The van der Waals surface area contributed by atoms with Crippen LogP contribution in [0.2, 0.25) is 0 Å². The molecule has 1 aliphatic heterocycles. The van der Waals surface area contributed by atoms with E-state index in [4.69, 9.17) is 0 Å². The zero-order chi connectivity index (χ0) is 18.0. The van der Waals surface area contributed by atoms with Crippen LogP contribution >= 0.6 is 0 Å². The third kappa shape index (κ3) is 7.48. The second-order valence-electron chi connectivity index (χ2n) is 5.93. The predicted molar refractivity (Wildman–Crippen MR) is 96.4 cm³/mol. The van der Waals surface area contributed by atoms with Crippen molar-refractivity contribution in [1.29, 1.82) is 0 Å². The van der Waals surface area contributed by atoms with Gasteiger partial charge in [0.05, 0.1) is 5.75 Å². The van der Waals surface area contributed by atoms with Gasteiger partial charge in [0.15, 0.2) is 5.96 Å². The molecule has 1 rings (SSSR count). The van der Waals surface area contributed by atoms with Crippen LogP contribution in [0.5, 0.6) is 0 Å². The van der Waals surface area contributed by atoms with Gasteiger partial charge in [0, 0.05) is 46.7 Å². The van der Waals surface area contributed by atoms with E-state index in [0.29, 0.717) is 31.8 Å². The first kappa shape index (κ1) is 20.7. The number of hydrogen-bond acceptors (Lipinski definition) is 4. The average Bonchev–Trinajstić information content (AvgIpc) is 2.59. The first-order valence-electron chi connectivity index (χ1n) is 8.55. The molecule has 0 aromatic carbocycles. The summed E-state index contributed by atoms with van der Waals surface area (Å²) in [5.74, 6) is 1.48. The number of guanidine groups is 1. The van der Waals surface area contributed by atoms with E-state index < -0.39 is 10.0 Å². The molecule has 1 saturated heterocycles. The zero-order valence-corrected chi connectivity index (χ0v) is 15.8. The summed E-state index contributed by atoms with van der Waals surface area (Å²) in [6.07, 6.45) is 3.24. The van der Waals surface area contributed by atoms with Crippen LogP contribution in [0.4, 0.5) is 0 Å². The van der Waals surface area contributed by atoms with Crippen molar-refractivity contribution in [3.05, 3.63) is 0 Å². The van der Waals surface area contributed by atoms with Crippen LogP contribution in [0, 0.1) is 5.92 Å². The van der Waals surface area contributed by atoms with Crippen LogP contribution in [0.1, 0.15) is 32.6 Å². The molecule has 0 aromatic rings. The van der Waals surface area contributed by atoms with E-state index in [0.717, 1.165) is 31.9 Å². The number of sulfonamides is 1. The lowest BCUT2D eigenvalue weighted by molar-refractivity contribution is -0.121. The summed E-state index contributed by atoms with van der Waals surface area (Å²) < 4.78 is 25.2. The van der Waals surface area contributed by atoms with Gasteiger partial charge in [0.1, 0.15) is 0 Å². The van der Waals surface area contributed by atoms with Crippen LogP contribution in [0.25, 0.3) is 0 Å². The highest BCUT2D eigenvalue weighted by molar-refractivity contribution is 7.89. The van der Waals surface area contributed by atoms with Crippen LogP contribution < -0.4 is 15.4 Å². The number of hydrogen-bond donors (Lipinski definition) is 3. The lowest BCUT2D eigenvalue weighted by Gasteiger charge is -2.34. The summed E-state index contributed by atoms with van der Waals surface area (Å²) in [4.78, 5) is 17.9. The minimum absolute atomic E-state index is 0.102. The molecule has 1 aliphatic rings. The SMILES string of the molecule is CCS(=O)(=O)NCCCNC(=NC)N1CCC(CC(=O)NC)CC1. The highest BCUT2D eigenvalue weighted by Gasteiger charge is 2.22. The van der Waals surface area contributed by atoms with E-state index in [1.54, 1.807) is 21.0 Å². The Bertz CT molecular complexity index is 513. The second-order valence-corrected chi connectivity index (χ2v) is 8.03. The first-order valence-corrected chi connectivity index (χ1v) is 10.2. The Kier molecular flexibility index (Phi) is 9.05. The molecule has 0 saturated carbocycles. The fraction of sp³-hybridized carbons (Fsp3) is 0.867. The third-order valence-electron chi connectivity index (χ3n) is 4.22. The maximum atomic E-state index is 11.4. The van der Waals surface area contributed by atoms with E-state index in [2.05, 4.69) is 25.2 Å². The monoisotopic (exact) mass is 361 g/mol. The number of likely N-dealkylation sites (tertiary alicyclic amines) is 1. The first-order chi connectivity index (χ1) is 11.4. The fourth-order valence-electron chi connectivity index (χ4n) is 2.66. The molecule has 9 heteroatoms. The molecule has 0 atom stereocenters. The standard InChI is InChI=1S/C15H31N5O3S/c1-4-24(22,23)19-9-5-8-18-15(17-3)20-10-6-13(7-11-20)12-14(21)16-2/h13,19H,4-12H2,1-3H3,(H,16,21)(H,17,18). The molecule has 0 radical (unpaired) electrons. The summed E-state index contributed by atoms with van der Waals surface area (Å²) in [7, 11) is 0.304. The Morgan fingerprint density at radius 1 is 1.25 bits per heavy atom. The van der Waals surface area contributed by atoms with Crippen molar-refractivity contribution in [1.82, 2.24) is 20.3 Å². The van der Waals surface area contributed by atoms with Gasteiger partial charge < -0.3 is 15.5 Å². The second kappa shape index (κ2) is 10.5. The van der Waals surface area contributed by atoms with Crippen molar-refractivity contribution in [2.75, 3.05) is 46.0 Å². The largest absolute Gasteiger partial charge is 0.359 e. The molecule has 0 bridgehead atoms. The Labute approximate surface area is 145 Å². The molecular weight excluding hydrogens is 330 g/mol. The van der Waals surface area contributed by atoms with Gasteiger partial charge in [0.2, 0.25) is 15.9 Å². The Morgan fingerprint density at radius 3 is 2.46 bits per heavy atom. The van der Waals surface area contributed by atoms with Gasteiger partial charge in [-0.15, -0.1) is 0 Å². The Hall–Kier alpha value is -1.35. The third-order valence-corrected chi connectivity index (χ3v) is 5.62. The topological polar surface area (TPSA) is 103 Å². The van der Waals surface area contributed by atoms with E-state index in [1.165, 1.54) is 0 Å². The molecule has 1 fully saturated rings. The predicted octanol–water partition coefficient (Wildman–Crippen LogP) is -0.261. The smallest absolute Gasteiger partial charge is 0.220 e. The maximum absolute atomic E-state index is 11.4. The molecule has 1 amide bonds. The summed E-state index contributed by atoms with van der Waals surface area (Å²) in [5.41, 5.74) is 0. The van der Waals surface area contributed by atoms with Crippen LogP contribution in [-0.4, -0.2) is 71.2 Å². The number of carbonyl (C=O) groups is 1. The van der Waals surface area contributed by atoms with Gasteiger partial charge in [-0.2, -0.15) is 0 Å². The zero-order valence-electron chi connectivity index (χ0n) is 15.0. The molecular formula is C15H31N5O3S. The van der Waals surface area contributed by atoms with Crippen molar-refractivity contribution < 1.29 is 13.2 Å². The lowest BCUT2D eigenvalue weighted by atomic mass is 9.93. The normalized spacial score (nSPS) is 17.0. The number of aliphatic imine (C=N–C) groups is 1. The highest BCUT2D eigenvalue weighted by atomic mass is 32.2. The van der Waals surface area contributed by atoms with E-state index in [1.807, 2.05) is 0 Å². The van der Waals surface area contributed by atoms with Crippen molar-refractivity contribution in [3.8, 4) is 0 Å². The van der Waals surface area contributed by atoms with Gasteiger partial charge in [-0.05, 0) is 32.1 Å².